The zero-order chi connectivity index (χ0) is 23.5. The van der Waals surface area contributed by atoms with Crippen molar-refractivity contribution < 1.29 is 14.4 Å². The van der Waals surface area contributed by atoms with Crippen LogP contribution in [0.1, 0.15) is 29.9 Å². The third-order valence-electron chi connectivity index (χ3n) is 6.74. The van der Waals surface area contributed by atoms with Gasteiger partial charge in [-0.05, 0) is 36.1 Å². The minimum absolute atomic E-state index is 0.0545. The lowest BCUT2D eigenvalue weighted by molar-refractivity contribution is -0.133. The van der Waals surface area contributed by atoms with E-state index in [1.54, 1.807) is 17.0 Å². The van der Waals surface area contributed by atoms with Crippen LogP contribution in [0.4, 0.5) is 10.5 Å². The smallest absolute Gasteiger partial charge is 0.332 e. The molecule has 34 heavy (non-hydrogen) atoms. The number of piperidine rings is 1. The Hall–Kier alpha value is -3.93. The molecule has 0 atom stereocenters. The van der Waals surface area contributed by atoms with Crippen LogP contribution in [0.2, 0.25) is 0 Å². The van der Waals surface area contributed by atoms with E-state index < -0.39 is 0 Å². The first-order chi connectivity index (χ1) is 16.6. The summed E-state index contributed by atoms with van der Waals surface area (Å²) in [7, 11) is 0. The highest BCUT2D eigenvalue weighted by Crippen LogP contribution is 2.30. The molecule has 5 rings (SSSR count). The number of hydrogen-bond acceptors (Lipinski definition) is 3. The molecule has 172 valence electrons. The molecule has 0 spiro atoms. The van der Waals surface area contributed by atoms with Crippen molar-refractivity contribution in [3.8, 4) is 0 Å². The summed E-state index contributed by atoms with van der Waals surface area (Å²) < 4.78 is 0. The second kappa shape index (κ2) is 9.51. The number of amides is 4. The predicted molar refractivity (Wildman–Crippen MR) is 130 cm³/mol. The normalized spacial score (nSPS) is 17.0. The first kappa shape index (κ1) is 21.9. The zero-order valence-corrected chi connectivity index (χ0v) is 18.9. The van der Waals surface area contributed by atoms with Gasteiger partial charge in [-0.3, -0.25) is 9.59 Å². The number of benzene rings is 3. The van der Waals surface area contributed by atoms with Gasteiger partial charge < -0.3 is 9.80 Å². The SMILES string of the molecule is O=C(C(c1ccccc1)c1ccccc1)N1CCC(N2CC(=O)N(c3ccccc3)C2=O)CC1. The van der Waals surface area contributed by atoms with Crippen molar-refractivity contribution >= 4 is 23.5 Å². The van der Waals surface area contributed by atoms with Gasteiger partial charge in [0.2, 0.25) is 5.91 Å². The van der Waals surface area contributed by atoms with Crippen LogP contribution in [0.5, 0.6) is 0 Å². The average Bonchev–Trinajstić information content (AvgIpc) is 3.19. The Balaban J connectivity index is 1.29. The molecule has 6 nitrogen and oxygen atoms in total. The van der Waals surface area contributed by atoms with Crippen LogP contribution in [-0.4, -0.2) is 53.3 Å². The summed E-state index contributed by atoms with van der Waals surface area (Å²) in [6.07, 6.45) is 1.31. The molecule has 4 amide bonds. The Labute approximate surface area is 199 Å². The van der Waals surface area contributed by atoms with Crippen molar-refractivity contribution in [2.24, 2.45) is 0 Å². The zero-order valence-electron chi connectivity index (χ0n) is 18.9. The highest BCUT2D eigenvalue weighted by molar-refractivity contribution is 6.19. The van der Waals surface area contributed by atoms with Gasteiger partial charge in [0, 0.05) is 19.1 Å². The lowest BCUT2D eigenvalue weighted by Crippen LogP contribution is -2.49. The number of urea groups is 1. The number of anilines is 1. The maximum absolute atomic E-state index is 13.7. The first-order valence-corrected chi connectivity index (χ1v) is 11.7. The fourth-order valence-electron chi connectivity index (χ4n) is 4.99. The summed E-state index contributed by atoms with van der Waals surface area (Å²) in [5.74, 6) is -0.490. The molecule has 0 aromatic heterocycles. The third kappa shape index (κ3) is 4.19. The monoisotopic (exact) mass is 453 g/mol. The van der Waals surface area contributed by atoms with Gasteiger partial charge >= 0.3 is 6.03 Å². The molecule has 6 heteroatoms. The average molecular weight is 454 g/mol. The molecule has 0 radical (unpaired) electrons. The maximum atomic E-state index is 13.7. The predicted octanol–water partition coefficient (Wildman–Crippen LogP) is 4.28. The van der Waals surface area contributed by atoms with Gasteiger partial charge in [0.25, 0.3) is 5.91 Å². The number of para-hydroxylation sites is 1. The summed E-state index contributed by atoms with van der Waals surface area (Å²) in [5, 5.41) is 0. The summed E-state index contributed by atoms with van der Waals surface area (Å²) in [6.45, 7) is 1.20. The molecule has 2 heterocycles. The van der Waals surface area contributed by atoms with E-state index in [1.165, 1.54) is 4.90 Å². The molecule has 0 saturated carbocycles. The minimum Gasteiger partial charge on any atom is -0.342 e. The molecule has 2 saturated heterocycles. The van der Waals surface area contributed by atoms with Crippen molar-refractivity contribution in [2.45, 2.75) is 24.8 Å². The van der Waals surface area contributed by atoms with Crippen LogP contribution < -0.4 is 4.90 Å². The molecule has 3 aromatic carbocycles. The maximum Gasteiger partial charge on any atom is 0.332 e. The third-order valence-corrected chi connectivity index (χ3v) is 6.74. The Kier molecular flexibility index (Phi) is 6.12. The second-order valence-corrected chi connectivity index (χ2v) is 8.79. The highest BCUT2D eigenvalue weighted by Gasteiger charge is 2.42. The van der Waals surface area contributed by atoms with Crippen molar-refractivity contribution in [3.05, 3.63) is 102 Å². The van der Waals surface area contributed by atoms with E-state index in [-0.39, 0.29) is 36.3 Å². The van der Waals surface area contributed by atoms with Gasteiger partial charge in [-0.2, -0.15) is 0 Å². The Morgan fingerprint density at radius 1 is 0.735 bits per heavy atom. The van der Waals surface area contributed by atoms with Crippen molar-refractivity contribution in [3.63, 3.8) is 0 Å². The van der Waals surface area contributed by atoms with E-state index >= 15 is 0 Å². The van der Waals surface area contributed by atoms with Gasteiger partial charge in [0.05, 0.1) is 11.6 Å². The minimum atomic E-state index is -0.359. The van der Waals surface area contributed by atoms with Crippen LogP contribution in [0.15, 0.2) is 91.0 Å². The molecule has 3 aromatic rings. The summed E-state index contributed by atoms with van der Waals surface area (Å²) in [4.78, 5) is 44.2. The van der Waals surface area contributed by atoms with Gasteiger partial charge in [-0.25, -0.2) is 9.69 Å². The number of likely N-dealkylation sites (tertiary alicyclic amines) is 1. The first-order valence-electron chi connectivity index (χ1n) is 11.7. The summed E-state index contributed by atoms with van der Waals surface area (Å²) >= 11 is 0. The lowest BCUT2D eigenvalue weighted by Gasteiger charge is -2.37. The van der Waals surface area contributed by atoms with E-state index in [4.69, 9.17) is 0 Å². The number of carbonyl (C=O) groups is 3. The van der Waals surface area contributed by atoms with E-state index in [0.29, 0.717) is 31.6 Å². The van der Waals surface area contributed by atoms with E-state index in [1.807, 2.05) is 83.8 Å². The van der Waals surface area contributed by atoms with Crippen LogP contribution >= 0.6 is 0 Å². The topological polar surface area (TPSA) is 60.9 Å². The number of imide groups is 1. The van der Waals surface area contributed by atoms with E-state index in [2.05, 4.69) is 0 Å². The summed E-state index contributed by atoms with van der Waals surface area (Å²) in [5.41, 5.74) is 2.54. The number of nitrogens with zero attached hydrogens (tertiary/aromatic N) is 3. The fourth-order valence-corrected chi connectivity index (χ4v) is 4.99. The highest BCUT2D eigenvalue weighted by atomic mass is 16.2. The molecule has 0 N–H and O–H groups in total. The fraction of sp³-hybridized carbons (Fsp3) is 0.250. The number of rotatable bonds is 5. The second-order valence-electron chi connectivity index (χ2n) is 8.79. The van der Waals surface area contributed by atoms with Crippen LogP contribution in [0.3, 0.4) is 0 Å². The van der Waals surface area contributed by atoms with Crippen molar-refractivity contribution in [1.82, 2.24) is 9.80 Å². The Bertz CT molecular complexity index is 1120. The van der Waals surface area contributed by atoms with Crippen molar-refractivity contribution in [1.29, 1.82) is 0 Å². The molecule has 2 fully saturated rings. The standard InChI is InChI=1S/C28H27N3O3/c32-25-20-30(28(34)31(25)24-14-8-3-9-15-24)23-16-18-29(19-17-23)27(33)26(21-10-4-1-5-11-21)22-12-6-2-7-13-22/h1-15,23,26H,16-20H2. The molecule has 0 bridgehead atoms. The van der Waals surface area contributed by atoms with Gasteiger partial charge in [-0.15, -0.1) is 0 Å². The quantitative estimate of drug-likeness (QED) is 0.542. The molecular formula is C28H27N3O3. The van der Waals surface area contributed by atoms with Gasteiger partial charge in [0.15, 0.2) is 0 Å². The molecule has 0 aliphatic carbocycles. The van der Waals surface area contributed by atoms with Crippen LogP contribution in [0.25, 0.3) is 0 Å². The van der Waals surface area contributed by atoms with Crippen molar-refractivity contribution in [2.75, 3.05) is 24.5 Å². The van der Waals surface area contributed by atoms with Gasteiger partial charge in [-0.1, -0.05) is 78.9 Å². The molecule has 0 unspecified atom stereocenters. The number of hydrogen-bond donors (Lipinski definition) is 0. The summed E-state index contributed by atoms with van der Waals surface area (Å²) in [6, 6.07) is 28.4. The molecular weight excluding hydrogens is 426 g/mol. The Morgan fingerprint density at radius 3 is 1.76 bits per heavy atom. The Morgan fingerprint density at radius 2 is 1.24 bits per heavy atom. The molecule has 2 aliphatic heterocycles. The van der Waals surface area contributed by atoms with Crippen LogP contribution in [-0.2, 0) is 9.59 Å². The van der Waals surface area contributed by atoms with E-state index in [9.17, 15) is 14.4 Å². The molecule has 2 aliphatic rings. The largest absolute Gasteiger partial charge is 0.342 e. The van der Waals surface area contributed by atoms with Gasteiger partial charge in [0.1, 0.15) is 6.54 Å². The number of carbonyl (C=O) groups excluding carboxylic acids is 3. The lowest BCUT2D eigenvalue weighted by atomic mass is 9.89. The van der Waals surface area contributed by atoms with Crippen LogP contribution in [0, 0.1) is 0 Å². The van der Waals surface area contributed by atoms with E-state index in [0.717, 1.165) is 11.1 Å².